The fraction of sp³-hybridized carbons (Fsp3) is 0.160. The summed E-state index contributed by atoms with van der Waals surface area (Å²) in [6.07, 6.45) is 1.44. The van der Waals surface area contributed by atoms with Crippen molar-refractivity contribution in [1.29, 1.82) is 0 Å². The molecule has 4 aromatic rings. The summed E-state index contributed by atoms with van der Waals surface area (Å²) in [5.41, 5.74) is 3.12. The minimum Gasteiger partial charge on any atom is -0.486 e. The molecule has 0 fully saturated rings. The quantitative estimate of drug-likeness (QED) is 0.300. The minimum atomic E-state index is -1.20. The molecule has 0 saturated carbocycles. The van der Waals surface area contributed by atoms with Crippen molar-refractivity contribution >= 4 is 56.9 Å². The monoisotopic (exact) mass is 509 g/mol. The van der Waals surface area contributed by atoms with Crippen molar-refractivity contribution in [3.8, 4) is 22.6 Å². The Morgan fingerprint density at radius 1 is 1.17 bits per heavy atom. The van der Waals surface area contributed by atoms with Crippen LogP contribution in [0.2, 0.25) is 5.02 Å². The molecule has 1 atom stereocenters. The number of benzene rings is 3. The van der Waals surface area contributed by atoms with Crippen molar-refractivity contribution in [2.45, 2.75) is 6.04 Å². The standard InChI is InChI=1S/C25H20ClN3O5S/c26-23-16(15-5-6-20-21(11-15)34-9-8-33-20)2-1-3-18(23)28-24-17-10-14(4-7-22(17)35-29-24)12-27-19(13-30)25(31)32/h1-7,10-12,19,30H,8-9,13H2,(H,28,29)(H,31,32)/t19-/m1/s1. The van der Waals surface area contributed by atoms with Gasteiger partial charge in [0, 0.05) is 17.2 Å². The van der Waals surface area contributed by atoms with Gasteiger partial charge in [-0.15, -0.1) is 0 Å². The van der Waals surface area contributed by atoms with Crippen LogP contribution in [0.15, 0.2) is 59.6 Å². The van der Waals surface area contributed by atoms with E-state index in [0.717, 1.165) is 21.2 Å². The van der Waals surface area contributed by atoms with E-state index in [9.17, 15) is 9.90 Å². The van der Waals surface area contributed by atoms with Crippen molar-refractivity contribution in [3.05, 3.63) is 65.2 Å². The molecular weight excluding hydrogens is 490 g/mol. The van der Waals surface area contributed by atoms with Crippen molar-refractivity contribution in [2.24, 2.45) is 4.99 Å². The van der Waals surface area contributed by atoms with Crippen LogP contribution in [0.3, 0.4) is 0 Å². The van der Waals surface area contributed by atoms with E-state index < -0.39 is 18.6 Å². The number of aliphatic carboxylic acids is 1. The Balaban J connectivity index is 1.44. The lowest BCUT2D eigenvalue weighted by atomic mass is 10.0. The zero-order chi connectivity index (χ0) is 24.4. The number of carboxylic acid groups (broad SMARTS) is 1. The summed E-state index contributed by atoms with van der Waals surface area (Å²) in [5, 5.41) is 22.9. The molecule has 5 rings (SSSR count). The number of aliphatic imine (C=N–C) groups is 1. The van der Waals surface area contributed by atoms with Crippen LogP contribution >= 0.6 is 23.1 Å². The summed E-state index contributed by atoms with van der Waals surface area (Å²) < 4.78 is 16.8. The van der Waals surface area contributed by atoms with Crippen molar-refractivity contribution in [2.75, 3.05) is 25.1 Å². The van der Waals surface area contributed by atoms with Gasteiger partial charge >= 0.3 is 5.97 Å². The number of hydrogen-bond donors (Lipinski definition) is 3. The molecule has 0 spiro atoms. The molecule has 178 valence electrons. The molecule has 0 unspecified atom stereocenters. The molecule has 10 heteroatoms. The molecule has 3 N–H and O–H groups in total. The van der Waals surface area contributed by atoms with Gasteiger partial charge in [0.2, 0.25) is 0 Å². The second kappa shape index (κ2) is 9.91. The van der Waals surface area contributed by atoms with E-state index in [0.29, 0.717) is 46.8 Å². The molecule has 8 nitrogen and oxygen atoms in total. The molecule has 0 aliphatic carbocycles. The lowest BCUT2D eigenvalue weighted by molar-refractivity contribution is -0.139. The van der Waals surface area contributed by atoms with Crippen LogP contribution in [0, 0.1) is 0 Å². The molecule has 3 aromatic carbocycles. The molecule has 0 radical (unpaired) electrons. The van der Waals surface area contributed by atoms with Crippen LogP contribution < -0.4 is 14.8 Å². The first-order chi connectivity index (χ1) is 17.0. The fourth-order valence-electron chi connectivity index (χ4n) is 3.68. The number of carboxylic acids is 1. The number of halogens is 1. The number of aliphatic hydroxyl groups is 1. The van der Waals surface area contributed by atoms with Crippen LogP contribution in [-0.2, 0) is 4.79 Å². The van der Waals surface area contributed by atoms with E-state index >= 15 is 0 Å². The Morgan fingerprint density at radius 3 is 2.80 bits per heavy atom. The molecule has 0 amide bonds. The molecule has 1 aliphatic rings. The largest absolute Gasteiger partial charge is 0.486 e. The van der Waals surface area contributed by atoms with Crippen LogP contribution in [0.4, 0.5) is 11.5 Å². The number of aliphatic hydroxyl groups excluding tert-OH is 1. The first-order valence-electron chi connectivity index (χ1n) is 10.8. The first-order valence-corrected chi connectivity index (χ1v) is 11.9. The number of rotatable bonds is 7. The van der Waals surface area contributed by atoms with Gasteiger partial charge in [-0.3, -0.25) is 4.99 Å². The molecule has 1 aliphatic heterocycles. The fourth-order valence-corrected chi connectivity index (χ4v) is 4.68. The number of anilines is 2. The van der Waals surface area contributed by atoms with Gasteiger partial charge in [-0.1, -0.05) is 35.9 Å². The third-order valence-electron chi connectivity index (χ3n) is 5.46. The molecule has 2 heterocycles. The van der Waals surface area contributed by atoms with E-state index in [1.54, 1.807) is 0 Å². The van der Waals surface area contributed by atoms with Gasteiger partial charge in [-0.2, -0.15) is 4.37 Å². The Bertz CT molecular complexity index is 1440. The Hall–Kier alpha value is -3.66. The highest BCUT2D eigenvalue weighted by Crippen LogP contribution is 2.40. The number of nitrogens with one attached hydrogen (secondary N) is 1. The summed E-state index contributed by atoms with van der Waals surface area (Å²) in [6, 6.07) is 15.8. The minimum absolute atomic E-state index is 0.506. The Kier molecular flexibility index (Phi) is 6.54. The van der Waals surface area contributed by atoms with Gasteiger partial charge in [-0.05, 0) is 53.0 Å². The zero-order valence-corrected chi connectivity index (χ0v) is 19.8. The summed E-state index contributed by atoms with van der Waals surface area (Å²) in [5.74, 6) is 0.844. The third kappa shape index (κ3) is 4.79. The van der Waals surface area contributed by atoms with Crippen molar-refractivity contribution < 1.29 is 24.5 Å². The van der Waals surface area contributed by atoms with Crippen LogP contribution in [-0.4, -0.2) is 52.6 Å². The SMILES string of the molecule is O=C(O)[C@@H](CO)N=Cc1ccc2snc(Nc3cccc(-c4ccc5c(c4)OCCO5)c3Cl)c2c1. The molecule has 35 heavy (non-hydrogen) atoms. The Labute approximate surface area is 209 Å². The predicted molar refractivity (Wildman–Crippen MR) is 137 cm³/mol. The molecule has 1 aromatic heterocycles. The highest BCUT2D eigenvalue weighted by Gasteiger charge is 2.17. The van der Waals surface area contributed by atoms with E-state index in [-0.39, 0.29) is 0 Å². The maximum Gasteiger partial charge on any atom is 0.330 e. The lowest BCUT2D eigenvalue weighted by Crippen LogP contribution is -2.22. The van der Waals surface area contributed by atoms with Gasteiger partial charge in [-0.25, -0.2) is 4.79 Å². The summed E-state index contributed by atoms with van der Waals surface area (Å²) in [7, 11) is 0. The predicted octanol–water partition coefficient (Wildman–Crippen LogP) is 5.00. The van der Waals surface area contributed by atoms with Gasteiger partial charge in [0.05, 0.1) is 22.0 Å². The van der Waals surface area contributed by atoms with E-state index in [1.807, 2.05) is 54.6 Å². The average Bonchev–Trinajstić information content (AvgIpc) is 3.27. The number of ether oxygens (including phenoxy) is 2. The summed E-state index contributed by atoms with van der Waals surface area (Å²) in [6.45, 7) is 0.467. The molecule has 0 saturated heterocycles. The number of fused-ring (bicyclic) bond motifs is 2. The smallest absolute Gasteiger partial charge is 0.330 e. The van der Waals surface area contributed by atoms with Crippen molar-refractivity contribution in [3.63, 3.8) is 0 Å². The molecular formula is C25H20ClN3O5S. The van der Waals surface area contributed by atoms with Gasteiger partial charge in [0.1, 0.15) is 13.2 Å². The number of nitrogens with zero attached hydrogens (tertiary/aromatic N) is 2. The van der Waals surface area contributed by atoms with Gasteiger partial charge in [0.15, 0.2) is 23.4 Å². The lowest BCUT2D eigenvalue weighted by Gasteiger charge is -2.19. The van der Waals surface area contributed by atoms with Crippen LogP contribution in [0.5, 0.6) is 11.5 Å². The summed E-state index contributed by atoms with van der Waals surface area (Å²) in [4.78, 5) is 15.0. The Morgan fingerprint density at radius 2 is 2.00 bits per heavy atom. The highest BCUT2D eigenvalue weighted by atomic mass is 35.5. The topological polar surface area (TPSA) is 113 Å². The van der Waals surface area contributed by atoms with Crippen molar-refractivity contribution in [1.82, 2.24) is 4.37 Å². The summed E-state index contributed by atoms with van der Waals surface area (Å²) >= 11 is 8.13. The number of aromatic nitrogens is 1. The second-order valence-electron chi connectivity index (χ2n) is 7.75. The third-order valence-corrected chi connectivity index (χ3v) is 6.69. The van der Waals surface area contributed by atoms with Crippen LogP contribution in [0.1, 0.15) is 5.56 Å². The van der Waals surface area contributed by atoms with Crippen LogP contribution in [0.25, 0.3) is 21.2 Å². The first kappa shape index (κ1) is 23.1. The second-order valence-corrected chi connectivity index (χ2v) is 8.94. The number of carbonyl (C=O) groups is 1. The van der Waals surface area contributed by atoms with E-state index in [4.69, 9.17) is 26.2 Å². The van der Waals surface area contributed by atoms with E-state index in [1.165, 1.54) is 17.7 Å². The van der Waals surface area contributed by atoms with E-state index in [2.05, 4.69) is 14.7 Å². The van der Waals surface area contributed by atoms with Gasteiger partial charge < -0.3 is 25.0 Å². The zero-order valence-electron chi connectivity index (χ0n) is 18.3. The number of hydrogen-bond acceptors (Lipinski definition) is 8. The average molecular weight is 510 g/mol. The molecule has 0 bridgehead atoms. The maximum absolute atomic E-state index is 11.1. The normalized spacial score (nSPS) is 13.8. The maximum atomic E-state index is 11.1. The highest BCUT2D eigenvalue weighted by molar-refractivity contribution is 7.13. The van der Waals surface area contributed by atoms with Gasteiger partial charge in [0.25, 0.3) is 0 Å².